The molecule has 208 valence electrons. The first kappa shape index (κ1) is 27.9. The minimum Gasteiger partial charge on any atom is -0.494 e. The molecule has 1 fully saturated rings. The van der Waals surface area contributed by atoms with Crippen LogP contribution in [-0.4, -0.2) is 70.7 Å². The second-order valence-electron chi connectivity index (χ2n) is 10.1. The van der Waals surface area contributed by atoms with Gasteiger partial charge in [0.05, 0.1) is 29.0 Å². The van der Waals surface area contributed by atoms with E-state index in [9.17, 15) is 24.0 Å². The quantitative estimate of drug-likeness (QED) is 0.254. The number of aliphatic hydroxyl groups is 1. The number of hydrogen-bond donors (Lipinski definition) is 3. The molecule has 0 amide bonds. The average Bonchev–Trinajstić information content (AvgIpc) is 2.82. The highest BCUT2D eigenvalue weighted by molar-refractivity contribution is 5.77. The number of ether oxygens (including phenoxy) is 1. The summed E-state index contributed by atoms with van der Waals surface area (Å²) < 4.78 is 33.3. The van der Waals surface area contributed by atoms with E-state index in [1.54, 1.807) is 6.07 Å². The van der Waals surface area contributed by atoms with Crippen LogP contribution in [0.2, 0.25) is 0 Å². The first-order valence-electron chi connectivity index (χ1n) is 12.1. The lowest BCUT2D eigenvalue weighted by Gasteiger charge is -2.41. The summed E-state index contributed by atoms with van der Waals surface area (Å²) >= 11 is 0. The molecule has 0 bridgehead atoms. The Morgan fingerprint density at radius 3 is 2.31 bits per heavy atom. The van der Waals surface area contributed by atoms with Gasteiger partial charge in [-0.05, 0) is 34.0 Å². The lowest BCUT2D eigenvalue weighted by molar-refractivity contribution is -0.384. The average molecular weight is 545 g/mol. The molecule has 3 N–H and O–H groups in total. The van der Waals surface area contributed by atoms with Crippen molar-refractivity contribution in [2.24, 2.45) is 5.92 Å². The van der Waals surface area contributed by atoms with Gasteiger partial charge in [-0.2, -0.15) is 4.98 Å². The van der Waals surface area contributed by atoms with E-state index in [2.05, 4.69) is 30.5 Å². The number of nitro benzene ring substituents is 1. The first-order chi connectivity index (χ1) is 18.3. The Kier molecular flexibility index (Phi) is 7.79. The summed E-state index contributed by atoms with van der Waals surface area (Å²) in [5.41, 5.74) is -0.762. The molecule has 3 aromatic rings. The van der Waals surface area contributed by atoms with Crippen LogP contribution in [0.5, 0.6) is 5.75 Å². The second kappa shape index (κ2) is 10.9. The van der Waals surface area contributed by atoms with Crippen LogP contribution in [0.25, 0.3) is 0 Å². The summed E-state index contributed by atoms with van der Waals surface area (Å²) in [5, 5.41) is 28.0. The van der Waals surface area contributed by atoms with Gasteiger partial charge in [-0.15, -0.1) is 0 Å². The number of halogens is 2. The fourth-order valence-electron chi connectivity index (χ4n) is 4.44. The van der Waals surface area contributed by atoms with Crippen molar-refractivity contribution in [1.82, 2.24) is 19.9 Å². The van der Waals surface area contributed by atoms with Crippen LogP contribution in [0.3, 0.4) is 0 Å². The fourth-order valence-corrected chi connectivity index (χ4v) is 4.44. The Balaban J connectivity index is 1.60. The number of methoxy groups -OCH3 is 1. The summed E-state index contributed by atoms with van der Waals surface area (Å²) in [6, 6.07) is 4.74. The smallest absolute Gasteiger partial charge is 0.294 e. The zero-order valence-corrected chi connectivity index (χ0v) is 22.2. The molecule has 0 saturated carbocycles. The summed E-state index contributed by atoms with van der Waals surface area (Å²) in [6.45, 7) is 5.12. The molecule has 14 heteroatoms. The molecule has 0 aliphatic carbocycles. The number of nitro groups is 1. The number of rotatable bonds is 10. The maximum atomic E-state index is 14.0. The van der Waals surface area contributed by atoms with Gasteiger partial charge in [0.15, 0.2) is 11.6 Å². The zero-order chi connectivity index (χ0) is 28.5. The highest BCUT2D eigenvalue weighted by Gasteiger charge is 2.33. The minimum absolute atomic E-state index is 0.00948. The van der Waals surface area contributed by atoms with Gasteiger partial charge < -0.3 is 30.3 Å². The van der Waals surface area contributed by atoms with E-state index >= 15 is 0 Å². The van der Waals surface area contributed by atoms with Crippen molar-refractivity contribution in [3.8, 4) is 5.75 Å². The van der Waals surface area contributed by atoms with Crippen LogP contribution in [-0.2, 0) is 5.60 Å². The van der Waals surface area contributed by atoms with E-state index in [1.165, 1.54) is 33.4 Å². The van der Waals surface area contributed by atoms with Crippen LogP contribution in [0.4, 0.5) is 43.4 Å². The normalized spacial score (nSPS) is 13.8. The Morgan fingerprint density at radius 1 is 1.13 bits per heavy atom. The van der Waals surface area contributed by atoms with Gasteiger partial charge in [0.2, 0.25) is 11.9 Å². The molecule has 2 heterocycles. The zero-order valence-electron chi connectivity index (χ0n) is 22.2. The van der Waals surface area contributed by atoms with Gasteiger partial charge >= 0.3 is 0 Å². The van der Waals surface area contributed by atoms with E-state index < -0.39 is 22.2 Å². The lowest BCUT2D eigenvalue weighted by Crippen LogP contribution is -2.50. The van der Waals surface area contributed by atoms with Crippen molar-refractivity contribution >= 4 is 34.6 Å². The minimum atomic E-state index is -1.50. The molecule has 0 unspecified atom stereocenters. The van der Waals surface area contributed by atoms with Crippen molar-refractivity contribution in [3.05, 3.63) is 57.9 Å². The highest BCUT2D eigenvalue weighted by atomic mass is 19.2. The molecule has 0 atom stereocenters. The Labute approximate surface area is 223 Å². The van der Waals surface area contributed by atoms with Gasteiger partial charge in [0.25, 0.3) is 5.69 Å². The second-order valence-corrected chi connectivity index (χ2v) is 10.1. The largest absolute Gasteiger partial charge is 0.494 e. The molecule has 0 radical (unpaired) electrons. The van der Waals surface area contributed by atoms with Crippen molar-refractivity contribution in [2.75, 3.05) is 56.4 Å². The van der Waals surface area contributed by atoms with E-state index in [0.29, 0.717) is 30.4 Å². The Morgan fingerprint density at radius 2 is 1.74 bits per heavy atom. The van der Waals surface area contributed by atoms with Gasteiger partial charge in [0.1, 0.15) is 17.8 Å². The molecule has 39 heavy (non-hydrogen) atoms. The first-order valence-corrected chi connectivity index (χ1v) is 12.1. The molecular formula is C25H30F2N8O4. The van der Waals surface area contributed by atoms with Crippen molar-refractivity contribution < 1.29 is 23.5 Å². The topological polar surface area (TPSA) is 142 Å². The van der Waals surface area contributed by atoms with E-state index in [1.807, 2.05) is 19.0 Å². The SMILES string of the molecule is COc1cc(N2CC(CN(C)C)C2)c([N+](=O)[O-])cc1Nc1ncnc(Nc2cc(F)c(F)cc2C(C)(C)O)n1. The van der Waals surface area contributed by atoms with Crippen LogP contribution in [0.15, 0.2) is 30.6 Å². The third-order valence-corrected chi connectivity index (χ3v) is 6.20. The van der Waals surface area contributed by atoms with Gasteiger partial charge in [-0.3, -0.25) is 10.1 Å². The van der Waals surface area contributed by atoms with Gasteiger partial charge in [-0.25, -0.2) is 18.7 Å². The van der Waals surface area contributed by atoms with Crippen molar-refractivity contribution in [1.29, 1.82) is 0 Å². The van der Waals surface area contributed by atoms with Crippen LogP contribution >= 0.6 is 0 Å². The summed E-state index contributed by atoms with van der Waals surface area (Å²) in [7, 11) is 5.42. The van der Waals surface area contributed by atoms with E-state index in [-0.39, 0.29) is 34.5 Å². The summed E-state index contributed by atoms with van der Waals surface area (Å²) in [4.78, 5) is 27.8. The van der Waals surface area contributed by atoms with E-state index in [4.69, 9.17) is 4.74 Å². The summed E-state index contributed by atoms with van der Waals surface area (Å²) in [5.74, 6) is -1.51. The molecule has 1 aliphatic rings. The van der Waals surface area contributed by atoms with Gasteiger partial charge in [-0.1, -0.05) is 0 Å². The number of hydrogen-bond acceptors (Lipinski definition) is 11. The Hall–Kier alpha value is -4.17. The fraction of sp³-hybridized carbons (Fsp3) is 0.400. The maximum absolute atomic E-state index is 14.0. The number of nitrogens with one attached hydrogen (secondary N) is 2. The highest BCUT2D eigenvalue weighted by Crippen LogP contribution is 2.41. The molecule has 2 aromatic carbocycles. The lowest BCUT2D eigenvalue weighted by atomic mass is 9.96. The maximum Gasteiger partial charge on any atom is 0.294 e. The molecule has 1 aliphatic heterocycles. The number of aromatic nitrogens is 3. The third-order valence-electron chi connectivity index (χ3n) is 6.20. The molecule has 1 saturated heterocycles. The van der Waals surface area contributed by atoms with Crippen LogP contribution < -0.4 is 20.3 Å². The molecular weight excluding hydrogens is 514 g/mol. The predicted molar refractivity (Wildman–Crippen MR) is 142 cm³/mol. The van der Waals surface area contributed by atoms with Crippen LogP contribution in [0.1, 0.15) is 19.4 Å². The molecule has 1 aromatic heterocycles. The standard InChI is InChI=1S/C25H30F2N8O4/c1-25(2,36)15-6-16(26)17(27)7-18(15)30-23-28-13-29-24(32-23)31-19-8-21(35(37)38)20(9-22(19)39-5)34-11-14(12-34)10-33(3)4/h6-9,13-14,36H,10-12H2,1-5H3,(H2,28,29,30,31,32). The summed E-state index contributed by atoms with van der Waals surface area (Å²) in [6.07, 6.45) is 1.17. The molecule has 0 spiro atoms. The Bertz CT molecular complexity index is 1380. The monoisotopic (exact) mass is 544 g/mol. The van der Waals surface area contributed by atoms with Crippen LogP contribution in [0, 0.1) is 27.7 Å². The number of nitrogens with zero attached hydrogens (tertiary/aromatic N) is 6. The van der Waals surface area contributed by atoms with Gasteiger partial charge in [0, 0.05) is 49.3 Å². The third kappa shape index (κ3) is 6.29. The van der Waals surface area contributed by atoms with E-state index in [0.717, 1.165) is 18.7 Å². The molecule has 4 rings (SSSR count). The number of anilines is 5. The van der Waals surface area contributed by atoms with Crippen molar-refractivity contribution in [2.45, 2.75) is 19.4 Å². The number of benzene rings is 2. The molecule has 12 nitrogen and oxygen atoms in total. The predicted octanol–water partition coefficient (Wildman–Crippen LogP) is 3.78. The van der Waals surface area contributed by atoms with Crippen molar-refractivity contribution in [3.63, 3.8) is 0 Å².